The maximum atomic E-state index is 5.60. The zero-order chi connectivity index (χ0) is 11.5. The fraction of sp³-hybridized carbons (Fsp3) is 0.455. The van der Waals surface area contributed by atoms with Crippen LogP contribution in [0.5, 0.6) is 5.88 Å². The summed E-state index contributed by atoms with van der Waals surface area (Å²) in [4.78, 5) is 11.9. The third-order valence-electron chi connectivity index (χ3n) is 2.45. The zero-order valence-electron chi connectivity index (χ0n) is 9.53. The first kappa shape index (κ1) is 10.9. The number of nitrogens with one attached hydrogen (secondary N) is 1. The molecule has 3 N–H and O–H groups in total. The number of aromatic amines is 1. The van der Waals surface area contributed by atoms with Gasteiger partial charge in [-0.25, -0.2) is 4.98 Å². The number of fused-ring (bicyclic) bond motifs is 1. The van der Waals surface area contributed by atoms with Gasteiger partial charge in [0.2, 0.25) is 5.88 Å². The summed E-state index contributed by atoms with van der Waals surface area (Å²) in [5.74, 6) is 1.69. The Morgan fingerprint density at radius 3 is 2.94 bits per heavy atom. The van der Waals surface area contributed by atoms with Crippen LogP contribution in [0.1, 0.15) is 25.6 Å². The first-order valence-corrected chi connectivity index (χ1v) is 5.44. The second kappa shape index (κ2) is 4.49. The number of ether oxygens (including phenoxy) is 1. The van der Waals surface area contributed by atoms with E-state index in [0.29, 0.717) is 24.7 Å². The molecule has 0 aromatic carbocycles. The molecule has 0 radical (unpaired) electrons. The Morgan fingerprint density at radius 1 is 1.44 bits per heavy atom. The summed E-state index contributed by atoms with van der Waals surface area (Å²) in [5, 5.41) is 0. The molecule has 0 aliphatic carbocycles. The molecule has 2 aromatic heterocycles. The fourth-order valence-corrected chi connectivity index (χ4v) is 1.47. The van der Waals surface area contributed by atoms with Crippen molar-refractivity contribution >= 4 is 11.2 Å². The molecule has 0 amide bonds. The van der Waals surface area contributed by atoms with Crippen LogP contribution < -0.4 is 10.5 Å². The molecule has 2 rings (SSSR count). The highest BCUT2D eigenvalue weighted by atomic mass is 16.5. The Kier molecular flexibility index (Phi) is 3.05. The van der Waals surface area contributed by atoms with Crippen LogP contribution in [0.4, 0.5) is 0 Å². The number of nitrogens with zero attached hydrogens (tertiary/aromatic N) is 2. The Balaban J connectivity index is 2.38. The van der Waals surface area contributed by atoms with Gasteiger partial charge in [-0.05, 0) is 13.0 Å². The number of hydrogen-bond donors (Lipinski definition) is 2. The van der Waals surface area contributed by atoms with Crippen molar-refractivity contribution in [1.82, 2.24) is 15.0 Å². The lowest BCUT2D eigenvalue weighted by Gasteiger charge is -2.01. The maximum Gasteiger partial charge on any atom is 0.215 e. The summed E-state index contributed by atoms with van der Waals surface area (Å²) >= 11 is 0. The predicted octanol–water partition coefficient (Wildman–Crippen LogP) is 1.42. The van der Waals surface area contributed by atoms with E-state index in [9.17, 15) is 0 Å². The third-order valence-corrected chi connectivity index (χ3v) is 2.45. The first-order valence-electron chi connectivity index (χ1n) is 5.44. The van der Waals surface area contributed by atoms with Crippen LogP contribution in [0, 0.1) is 0 Å². The molecule has 0 aliphatic rings. The van der Waals surface area contributed by atoms with Crippen molar-refractivity contribution in [3.63, 3.8) is 0 Å². The molecule has 5 heteroatoms. The van der Waals surface area contributed by atoms with E-state index < -0.39 is 0 Å². The SMILES string of the molecule is CCOc1ccc2[nH]c(C(C)CN)nc2n1. The minimum Gasteiger partial charge on any atom is -0.478 e. The van der Waals surface area contributed by atoms with E-state index in [1.807, 2.05) is 26.0 Å². The van der Waals surface area contributed by atoms with Crippen LogP contribution in [0.15, 0.2) is 12.1 Å². The highest BCUT2D eigenvalue weighted by molar-refractivity contribution is 5.71. The van der Waals surface area contributed by atoms with E-state index in [4.69, 9.17) is 10.5 Å². The Hall–Kier alpha value is -1.62. The largest absolute Gasteiger partial charge is 0.478 e. The topological polar surface area (TPSA) is 76.8 Å². The van der Waals surface area contributed by atoms with Gasteiger partial charge < -0.3 is 15.5 Å². The van der Waals surface area contributed by atoms with Crippen molar-refractivity contribution in [2.45, 2.75) is 19.8 Å². The molecule has 0 fully saturated rings. The lowest BCUT2D eigenvalue weighted by molar-refractivity contribution is 0.328. The summed E-state index contributed by atoms with van der Waals surface area (Å²) in [5.41, 5.74) is 7.20. The van der Waals surface area contributed by atoms with Gasteiger partial charge in [-0.1, -0.05) is 6.92 Å². The molecule has 1 atom stereocenters. The van der Waals surface area contributed by atoms with Gasteiger partial charge in [0.25, 0.3) is 0 Å². The summed E-state index contributed by atoms with van der Waals surface area (Å²) in [6, 6.07) is 3.76. The molecule has 86 valence electrons. The molecular formula is C11H16N4O. The predicted molar refractivity (Wildman–Crippen MR) is 62.5 cm³/mol. The number of aromatic nitrogens is 3. The van der Waals surface area contributed by atoms with Crippen molar-refractivity contribution in [1.29, 1.82) is 0 Å². The maximum absolute atomic E-state index is 5.60. The Labute approximate surface area is 94.0 Å². The van der Waals surface area contributed by atoms with Gasteiger partial charge in [0.15, 0.2) is 5.65 Å². The minimum atomic E-state index is 0.213. The van der Waals surface area contributed by atoms with Crippen molar-refractivity contribution in [2.24, 2.45) is 5.73 Å². The monoisotopic (exact) mass is 220 g/mol. The second-order valence-electron chi connectivity index (χ2n) is 3.71. The number of hydrogen-bond acceptors (Lipinski definition) is 4. The highest BCUT2D eigenvalue weighted by Crippen LogP contribution is 2.18. The van der Waals surface area contributed by atoms with Gasteiger partial charge in [-0.3, -0.25) is 0 Å². The van der Waals surface area contributed by atoms with Gasteiger partial charge >= 0.3 is 0 Å². The summed E-state index contributed by atoms with van der Waals surface area (Å²) in [6.07, 6.45) is 0. The third kappa shape index (κ3) is 1.99. The Morgan fingerprint density at radius 2 is 2.25 bits per heavy atom. The molecule has 16 heavy (non-hydrogen) atoms. The van der Waals surface area contributed by atoms with Gasteiger partial charge in [-0.2, -0.15) is 4.98 Å². The lowest BCUT2D eigenvalue weighted by atomic mass is 10.2. The van der Waals surface area contributed by atoms with E-state index in [1.165, 1.54) is 0 Å². The van der Waals surface area contributed by atoms with Crippen LogP contribution in [0.25, 0.3) is 11.2 Å². The first-order chi connectivity index (χ1) is 7.74. The molecule has 2 aromatic rings. The van der Waals surface area contributed by atoms with Crippen LogP contribution in [0.3, 0.4) is 0 Å². The van der Waals surface area contributed by atoms with Crippen molar-refractivity contribution in [2.75, 3.05) is 13.2 Å². The summed E-state index contributed by atoms with van der Waals surface area (Å²) in [6.45, 7) is 5.13. The molecule has 0 bridgehead atoms. The van der Waals surface area contributed by atoms with Gasteiger partial charge in [0.1, 0.15) is 5.82 Å². The molecule has 5 nitrogen and oxygen atoms in total. The van der Waals surface area contributed by atoms with Crippen LogP contribution >= 0.6 is 0 Å². The van der Waals surface area contributed by atoms with Crippen molar-refractivity contribution < 1.29 is 4.74 Å². The van der Waals surface area contributed by atoms with E-state index >= 15 is 0 Å². The fourth-order valence-electron chi connectivity index (χ4n) is 1.47. The van der Waals surface area contributed by atoms with Crippen molar-refractivity contribution in [3.05, 3.63) is 18.0 Å². The second-order valence-corrected chi connectivity index (χ2v) is 3.71. The van der Waals surface area contributed by atoms with Gasteiger partial charge in [0.05, 0.1) is 12.1 Å². The molecular weight excluding hydrogens is 204 g/mol. The number of H-pyrrole nitrogens is 1. The zero-order valence-corrected chi connectivity index (χ0v) is 9.53. The molecule has 2 heterocycles. The van der Waals surface area contributed by atoms with Crippen LogP contribution in [-0.2, 0) is 0 Å². The highest BCUT2D eigenvalue weighted by Gasteiger charge is 2.10. The molecule has 0 spiro atoms. The van der Waals surface area contributed by atoms with E-state index in [1.54, 1.807) is 0 Å². The van der Waals surface area contributed by atoms with E-state index in [0.717, 1.165) is 11.3 Å². The van der Waals surface area contributed by atoms with Crippen LogP contribution in [0.2, 0.25) is 0 Å². The average molecular weight is 220 g/mol. The van der Waals surface area contributed by atoms with Crippen LogP contribution in [-0.4, -0.2) is 28.1 Å². The van der Waals surface area contributed by atoms with E-state index in [2.05, 4.69) is 15.0 Å². The summed E-state index contributed by atoms with van der Waals surface area (Å²) < 4.78 is 5.32. The average Bonchev–Trinajstić information content (AvgIpc) is 2.71. The smallest absolute Gasteiger partial charge is 0.215 e. The number of nitrogens with two attached hydrogens (primary N) is 1. The Bertz CT molecular complexity index is 480. The standard InChI is InChI=1S/C11H16N4O/c1-3-16-9-5-4-8-11(14-9)15-10(13-8)7(2)6-12/h4-5,7H,3,6,12H2,1-2H3,(H,13,14,15). The quantitative estimate of drug-likeness (QED) is 0.817. The number of rotatable bonds is 4. The normalized spacial score (nSPS) is 12.9. The molecule has 0 saturated carbocycles. The summed E-state index contributed by atoms with van der Waals surface area (Å²) in [7, 11) is 0. The number of imidazole rings is 1. The molecule has 1 unspecified atom stereocenters. The van der Waals surface area contributed by atoms with Crippen molar-refractivity contribution in [3.8, 4) is 5.88 Å². The number of pyridine rings is 1. The lowest BCUT2D eigenvalue weighted by Crippen LogP contribution is -2.10. The molecule has 0 aliphatic heterocycles. The minimum absolute atomic E-state index is 0.213. The van der Waals surface area contributed by atoms with E-state index in [-0.39, 0.29) is 5.92 Å². The van der Waals surface area contributed by atoms with Gasteiger partial charge in [0, 0.05) is 18.5 Å². The van der Waals surface area contributed by atoms with Gasteiger partial charge in [-0.15, -0.1) is 0 Å². The molecule has 0 saturated heterocycles.